The summed E-state index contributed by atoms with van der Waals surface area (Å²) in [4.78, 5) is 46.4. The number of nitrogens with zero attached hydrogens (tertiary/aromatic N) is 6. The van der Waals surface area contributed by atoms with Gasteiger partial charge in [-0.25, -0.2) is 14.7 Å². The van der Waals surface area contributed by atoms with Gasteiger partial charge in [0.25, 0.3) is 5.91 Å². The summed E-state index contributed by atoms with van der Waals surface area (Å²) in [6.07, 6.45) is 1.85. The number of aromatic nitrogens is 3. The van der Waals surface area contributed by atoms with Gasteiger partial charge in [-0.2, -0.15) is 5.10 Å². The molecule has 0 unspecified atom stereocenters. The van der Waals surface area contributed by atoms with Gasteiger partial charge in [0.1, 0.15) is 0 Å². The average molecular weight is 470 g/mol. The number of amides is 4. The molecule has 1 N–H and O–H groups in total. The molecule has 1 saturated heterocycles. The van der Waals surface area contributed by atoms with Crippen LogP contribution in [0.4, 0.5) is 16.2 Å². The summed E-state index contributed by atoms with van der Waals surface area (Å²) < 4.78 is 1.63. The van der Waals surface area contributed by atoms with Gasteiger partial charge in [-0.3, -0.25) is 14.3 Å². The number of nitrogens with one attached hydrogen (secondary N) is 1. The van der Waals surface area contributed by atoms with Gasteiger partial charge in [0.2, 0.25) is 6.41 Å². The number of anilines is 2. The fraction of sp³-hybridized carbons (Fsp3) is 0.318. The highest BCUT2D eigenvalue weighted by Crippen LogP contribution is 2.25. The smallest absolute Gasteiger partial charge is 0.333 e. The Morgan fingerprint density at radius 2 is 1.88 bits per heavy atom. The second kappa shape index (κ2) is 9.16. The number of hydrogen-bond donors (Lipinski definition) is 1. The van der Waals surface area contributed by atoms with E-state index < -0.39 is 6.03 Å². The summed E-state index contributed by atoms with van der Waals surface area (Å²) in [5.74, 6) is -0.147. The molecule has 4 amide bonds. The van der Waals surface area contributed by atoms with Crippen LogP contribution >= 0.6 is 11.6 Å². The molecule has 2 aromatic heterocycles. The monoisotopic (exact) mass is 469 g/mol. The van der Waals surface area contributed by atoms with Gasteiger partial charge < -0.3 is 15.1 Å². The highest BCUT2D eigenvalue weighted by Gasteiger charge is 2.23. The van der Waals surface area contributed by atoms with E-state index in [1.807, 2.05) is 14.0 Å². The number of benzene rings is 1. The summed E-state index contributed by atoms with van der Waals surface area (Å²) in [7, 11) is 3.79. The van der Waals surface area contributed by atoms with Crippen molar-refractivity contribution in [2.45, 2.75) is 6.92 Å². The fourth-order valence-corrected chi connectivity index (χ4v) is 4.05. The number of aryl methyl sites for hydroxylation is 2. The van der Waals surface area contributed by atoms with Crippen molar-refractivity contribution in [2.24, 2.45) is 7.05 Å². The van der Waals surface area contributed by atoms with E-state index in [1.54, 1.807) is 34.8 Å². The second-order valence-corrected chi connectivity index (χ2v) is 8.38. The van der Waals surface area contributed by atoms with Gasteiger partial charge in [0.05, 0.1) is 28.2 Å². The van der Waals surface area contributed by atoms with Crippen molar-refractivity contribution >= 4 is 52.4 Å². The van der Waals surface area contributed by atoms with Gasteiger partial charge in [-0.05, 0) is 38.2 Å². The Morgan fingerprint density at radius 1 is 1.15 bits per heavy atom. The van der Waals surface area contributed by atoms with Gasteiger partial charge >= 0.3 is 6.03 Å². The number of pyridine rings is 1. The van der Waals surface area contributed by atoms with Crippen LogP contribution in [0.5, 0.6) is 0 Å². The molecule has 4 rings (SSSR count). The van der Waals surface area contributed by atoms with Gasteiger partial charge in [-0.15, -0.1) is 0 Å². The lowest BCUT2D eigenvalue weighted by Crippen LogP contribution is -2.47. The average Bonchev–Trinajstić information content (AvgIpc) is 3.07. The van der Waals surface area contributed by atoms with Crippen molar-refractivity contribution in [1.29, 1.82) is 0 Å². The summed E-state index contributed by atoms with van der Waals surface area (Å²) in [6.45, 7) is 4.70. The van der Waals surface area contributed by atoms with E-state index in [9.17, 15) is 14.4 Å². The Labute approximate surface area is 195 Å². The molecule has 3 aromatic rings. The maximum atomic E-state index is 12.8. The first-order valence-electron chi connectivity index (χ1n) is 10.4. The number of likely N-dealkylation sites (N-methyl/N-ethyl adjacent to an activating group) is 1. The van der Waals surface area contributed by atoms with Crippen LogP contribution in [0.3, 0.4) is 0 Å². The number of fused-ring (bicyclic) bond motifs is 1. The molecule has 1 aliphatic heterocycles. The van der Waals surface area contributed by atoms with Crippen molar-refractivity contribution in [2.75, 3.05) is 43.4 Å². The molecule has 0 spiro atoms. The molecule has 0 atom stereocenters. The largest absolute Gasteiger partial charge is 0.336 e. The van der Waals surface area contributed by atoms with Crippen LogP contribution in [0.2, 0.25) is 5.02 Å². The van der Waals surface area contributed by atoms with Crippen LogP contribution in [0.25, 0.3) is 11.0 Å². The summed E-state index contributed by atoms with van der Waals surface area (Å²) in [5, 5.41) is 7.91. The first kappa shape index (κ1) is 22.7. The third-order valence-electron chi connectivity index (χ3n) is 5.69. The Morgan fingerprint density at radius 3 is 2.55 bits per heavy atom. The molecule has 0 saturated carbocycles. The molecule has 11 heteroatoms. The molecule has 0 aliphatic carbocycles. The minimum atomic E-state index is -0.679. The lowest BCUT2D eigenvalue weighted by Gasteiger charge is -2.32. The molecule has 1 aliphatic rings. The SMILES string of the molecule is Cc1nn(C)c2ncc(N(C=O)C(=O)Nc3ccc(C(=O)N4CCN(C)CC4)c(Cl)c3)cc12. The lowest BCUT2D eigenvalue weighted by atomic mass is 10.1. The van der Waals surface area contributed by atoms with E-state index in [-0.39, 0.29) is 10.9 Å². The van der Waals surface area contributed by atoms with E-state index >= 15 is 0 Å². The highest BCUT2D eigenvalue weighted by atomic mass is 35.5. The van der Waals surface area contributed by atoms with E-state index in [4.69, 9.17) is 11.6 Å². The quantitative estimate of drug-likeness (QED) is 0.589. The van der Waals surface area contributed by atoms with Crippen LogP contribution in [0.15, 0.2) is 30.5 Å². The second-order valence-electron chi connectivity index (χ2n) is 7.97. The van der Waals surface area contributed by atoms with Crippen LogP contribution in [-0.2, 0) is 11.8 Å². The fourth-order valence-electron chi connectivity index (χ4n) is 3.78. The Balaban J connectivity index is 1.50. The minimum Gasteiger partial charge on any atom is -0.336 e. The number of carbonyl (C=O) groups is 3. The zero-order chi connectivity index (χ0) is 23.7. The third kappa shape index (κ3) is 4.53. The molecule has 1 fully saturated rings. The molecular formula is C22H24ClN7O3. The van der Waals surface area contributed by atoms with Crippen LogP contribution < -0.4 is 10.2 Å². The molecule has 10 nitrogen and oxygen atoms in total. The molecule has 0 radical (unpaired) electrons. The highest BCUT2D eigenvalue weighted by molar-refractivity contribution is 6.34. The topological polar surface area (TPSA) is 104 Å². The number of urea groups is 1. The van der Waals surface area contributed by atoms with Crippen LogP contribution in [0.1, 0.15) is 16.1 Å². The molecular weight excluding hydrogens is 446 g/mol. The van der Waals surface area contributed by atoms with Crippen molar-refractivity contribution in [3.8, 4) is 0 Å². The maximum Gasteiger partial charge on any atom is 0.333 e. The maximum absolute atomic E-state index is 12.8. The van der Waals surface area contributed by atoms with Crippen LogP contribution in [0, 0.1) is 6.92 Å². The first-order chi connectivity index (χ1) is 15.8. The normalized spacial score (nSPS) is 14.4. The van der Waals surface area contributed by atoms with Crippen LogP contribution in [-0.4, -0.2) is 76.1 Å². The van der Waals surface area contributed by atoms with E-state index in [0.29, 0.717) is 42.1 Å². The number of imide groups is 1. The number of hydrogen-bond acceptors (Lipinski definition) is 6. The van der Waals surface area contributed by atoms with Gasteiger partial charge in [0.15, 0.2) is 5.65 Å². The van der Waals surface area contributed by atoms with Gasteiger partial charge in [-0.1, -0.05) is 11.6 Å². The summed E-state index contributed by atoms with van der Waals surface area (Å²) in [5.41, 5.74) is 2.42. The standard InChI is InChI=1S/C22H24ClN7O3/c1-14-18-11-16(12-24-20(18)28(3)26-14)30(13-31)22(33)25-15-4-5-17(19(23)10-15)21(32)29-8-6-27(2)7-9-29/h4-5,10-13H,6-9H2,1-3H3,(H,25,33). The van der Waals surface area contributed by atoms with E-state index in [1.165, 1.54) is 12.3 Å². The van der Waals surface area contributed by atoms with E-state index in [2.05, 4.69) is 20.3 Å². The minimum absolute atomic E-state index is 0.147. The van der Waals surface area contributed by atoms with Crippen molar-refractivity contribution < 1.29 is 14.4 Å². The summed E-state index contributed by atoms with van der Waals surface area (Å²) >= 11 is 6.36. The number of carbonyl (C=O) groups excluding carboxylic acids is 3. The van der Waals surface area contributed by atoms with Crippen molar-refractivity contribution in [3.63, 3.8) is 0 Å². The van der Waals surface area contributed by atoms with E-state index in [0.717, 1.165) is 29.1 Å². The lowest BCUT2D eigenvalue weighted by molar-refractivity contribution is -0.106. The Hall–Kier alpha value is -3.50. The van der Waals surface area contributed by atoms with Gasteiger partial charge in [0, 0.05) is 44.3 Å². The van der Waals surface area contributed by atoms with Crippen molar-refractivity contribution in [3.05, 3.63) is 46.7 Å². The summed E-state index contributed by atoms with van der Waals surface area (Å²) in [6, 6.07) is 5.67. The number of halogens is 1. The number of rotatable bonds is 4. The first-order valence-corrected chi connectivity index (χ1v) is 10.8. The zero-order valence-electron chi connectivity index (χ0n) is 18.6. The van der Waals surface area contributed by atoms with Crippen molar-refractivity contribution in [1.82, 2.24) is 24.6 Å². The molecule has 0 bridgehead atoms. The molecule has 33 heavy (non-hydrogen) atoms. The Kier molecular flexibility index (Phi) is 6.30. The number of piperazine rings is 1. The Bertz CT molecular complexity index is 1230. The zero-order valence-corrected chi connectivity index (χ0v) is 19.3. The molecule has 3 heterocycles. The molecule has 1 aromatic carbocycles. The predicted octanol–water partition coefficient (Wildman–Crippen LogP) is 2.51. The predicted molar refractivity (Wildman–Crippen MR) is 126 cm³/mol. The third-order valence-corrected chi connectivity index (χ3v) is 6.00. The molecule has 172 valence electrons.